The van der Waals surface area contributed by atoms with Gasteiger partial charge in [-0.25, -0.2) is 9.78 Å². The van der Waals surface area contributed by atoms with Crippen molar-refractivity contribution in [3.63, 3.8) is 0 Å². The molecule has 1 aromatic heterocycles. The Balaban J connectivity index is 1.43. The van der Waals surface area contributed by atoms with Crippen molar-refractivity contribution in [3.05, 3.63) is 58.7 Å². The largest absolute Gasteiger partial charge is 0.354 e. The molecule has 0 bridgehead atoms. The summed E-state index contributed by atoms with van der Waals surface area (Å²) in [6.07, 6.45) is 1.78. The highest BCUT2D eigenvalue weighted by Gasteiger charge is 2.26. The third-order valence-corrected chi connectivity index (χ3v) is 5.28. The SMILES string of the molecule is CC(C(=O)NC(=O)NCc1ccccc1)N1CCN(c2ccc(Br)cn2)CC1. The number of aromatic nitrogens is 1. The zero-order chi connectivity index (χ0) is 19.9. The average Bonchev–Trinajstić information content (AvgIpc) is 2.73. The second-order valence-corrected chi connectivity index (χ2v) is 7.61. The molecule has 3 amide bonds. The number of imide groups is 1. The number of benzene rings is 1. The van der Waals surface area contributed by atoms with Crippen LogP contribution in [0.15, 0.2) is 53.1 Å². The molecule has 7 nitrogen and oxygen atoms in total. The second-order valence-electron chi connectivity index (χ2n) is 6.69. The Bertz CT molecular complexity index is 792. The van der Waals surface area contributed by atoms with Crippen molar-refractivity contribution in [3.8, 4) is 0 Å². The molecule has 2 N–H and O–H groups in total. The number of urea groups is 1. The lowest BCUT2D eigenvalue weighted by atomic mass is 10.2. The summed E-state index contributed by atoms with van der Waals surface area (Å²) < 4.78 is 0.950. The van der Waals surface area contributed by atoms with Gasteiger partial charge in [-0.2, -0.15) is 0 Å². The Morgan fingerprint density at radius 1 is 1.11 bits per heavy atom. The van der Waals surface area contributed by atoms with Crippen molar-refractivity contribution < 1.29 is 9.59 Å². The molecule has 1 aliphatic heterocycles. The number of nitrogens with one attached hydrogen (secondary N) is 2. The van der Waals surface area contributed by atoms with Crippen molar-refractivity contribution in [2.24, 2.45) is 0 Å². The van der Waals surface area contributed by atoms with Gasteiger partial charge in [0.25, 0.3) is 0 Å². The Hall–Kier alpha value is -2.45. The lowest BCUT2D eigenvalue weighted by molar-refractivity contribution is -0.124. The number of amides is 3. The molecule has 2 aromatic rings. The number of pyridine rings is 1. The second kappa shape index (κ2) is 9.66. The van der Waals surface area contributed by atoms with Crippen molar-refractivity contribution in [2.75, 3.05) is 31.1 Å². The maximum Gasteiger partial charge on any atom is 0.321 e. The normalized spacial score (nSPS) is 15.7. The molecule has 1 unspecified atom stereocenters. The summed E-state index contributed by atoms with van der Waals surface area (Å²) in [6.45, 7) is 5.25. The van der Waals surface area contributed by atoms with Crippen LogP contribution in [0.2, 0.25) is 0 Å². The molecule has 0 spiro atoms. The van der Waals surface area contributed by atoms with Gasteiger partial charge in [-0.3, -0.25) is 15.0 Å². The summed E-state index contributed by atoms with van der Waals surface area (Å²) in [5.41, 5.74) is 0.982. The fourth-order valence-corrected chi connectivity index (χ4v) is 3.33. The van der Waals surface area contributed by atoms with Crippen LogP contribution in [0, 0.1) is 0 Å². The molecule has 1 fully saturated rings. The minimum Gasteiger partial charge on any atom is -0.354 e. The van der Waals surface area contributed by atoms with Gasteiger partial charge in [-0.1, -0.05) is 30.3 Å². The van der Waals surface area contributed by atoms with Crippen molar-refractivity contribution in [1.82, 2.24) is 20.5 Å². The summed E-state index contributed by atoms with van der Waals surface area (Å²) >= 11 is 3.39. The zero-order valence-electron chi connectivity index (χ0n) is 15.8. The van der Waals surface area contributed by atoms with Crippen LogP contribution in [0.5, 0.6) is 0 Å². The van der Waals surface area contributed by atoms with Gasteiger partial charge in [0.2, 0.25) is 5.91 Å². The minimum atomic E-state index is -0.474. The first kappa shape index (κ1) is 20.3. The maximum atomic E-state index is 12.4. The molecule has 0 aliphatic carbocycles. The van der Waals surface area contributed by atoms with E-state index in [-0.39, 0.29) is 11.9 Å². The summed E-state index contributed by atoms with van der Waals surface area (Å²) in [5.74, 6) is 0.640. The molecule has 148 valence electrons. The average molecular weight is 446 g/mol. The number of halogens is 1. The quantitative estimate of drug-likeness (QED) is 0.738. The highest BCUT2D eigenvalue weighted by Crippen LogP contribution is 2.17. The van der Waals surface area contributed by atoms with E-state index in [1.165, 1.54) is 0 Å². The zero-order valence-corrected chi connectivity index (χ0v) is 17.4. The molecule has 0 saturated carbocycles. The number of piperazine rings is 1. The fraction of sp³-hybridized carbons (Fsp3) is 0.350. The van der Waals surface area contributed by atoms with Gasteiger partial charge in [0.05, 0.1) is 6.04 Å². The number of anilines is 1. The van der Waals surface area contributed by atoms with Gasteiger partial charge in [0.15, 0.2) is 0 Å². The Morgan fingerprint density at radius 3 is 2.46 bits per heavy atom. The Morgan fingerprint density at radius 2 is 1.82 bits per heavy atom. The summed E-state index contributed by atoms with van der Waals surface area (Å²) in [6, 6.07) is 12.7. The van der Waals surface area contributed by atoms with Crippen LogP contribution in [0.25, 0.3) is 0 Å². The van der Waals surface area contributed by atoms with Crippen LogP contribution in [-0.2, 0) is 11.3 Å². The van der Waals surface area contributed by atoms with Crippen molar-refractivity contribution >= 4 is 33.7 Å². The predicted molar refractivity (Wildman–Crippen MR) is 112 cm³/mol. The van der Waals surface area contributed by atoms with E-state index >= 15 is 0 Å². The monoisotopic (exact) mass is 445 g/mol. The summed E-state index contributed by atoms with van der Waals surface area (Å²) in [4.78, 5) is 33.1. The maximum absolute atomic E-state index is 12.4. The molecule has 3 rings (SSSR count). The first-order valence-electron chi connectivity index (χ1n) is 9.26. The van der Waals surface area contributed by atoms with E-state index < -0.39 is 6.03 Å². The van der Waals surface area contributed by atoms with Gasteiger partial charge in [-0.15, -0.1) is 0 Å². The van der Waals surface area contributed by atoms with E-state index in [2.05, 4.69) is 41.3 Å². The standard InChI is InChI=1S/C20H24BrN5O2/c1-15(19(27)24-20(28)23-13-16-5-3-2-4-6-16)25-9-11-26(12-10-25)18-8-7-17(21)14-22-18/h2-8,14-15H,9-13H2,1H3,(H2,23,24,27,28). The third-order valence-electron chi connectivity index (χ3n) is 4.81. The smallest absolute Gasteiger partial charge is 0.321 e. The molecule has 1 aliphatic rings. The number of hydrogen-bond acceptors (Lipinski definition) is 5. The highest BCUT2D eigenvalue weighted by atomic mass is 79.9. The Kier molecular flexibility index (Phi) is 7.00. The highest BCUT2D eigenvalue weighted by molar-refractivity contribution is 9.10. The fourth-order valence-electron chi connectivity index (χ4n) is 3.10. The van der Waals surface area contributed by atoms with Crippen LogP contribution >= 0.6 is 15.9 Å². The van der Waals surface area contributed by atoms with Gasteiger partial charge in [0.1, 0.15) is 5.82 Å². The number of rotatable bonds is 5. The number of nitrogens with zero attached hydrogens (tertiary/aromatic N) is 3. The van der Waals surface area contributed by atoms with Crippen LogP contribution in [-0.4, -0.2) is 54.0 Å². The molecule has 1 saturated heterocycles. The van der Waals surface area contributed by atoms with Gasteiger partial charge < -0.3 is 10.2 Å². The summed E-state index contributed by atoms with van der Waals surface area (Å²) in [7, 11) is 0. The topological polar surface area (TPSA) is 77.6 Å². The van der Waals surface area contributed by atoms with E-state index in [0.29, 0.717) is 6.54 Å². The summed E-state index contributed by atoms with van der Waals surface area (Å²) in [5, 5.41) is 5.15. The third kappa shape index (κ3) is 5.53. The molecule has 2 heterocycles. The van der Waals surface area contributed by atoms with Gasteiger partial charge in [0, 0.05) is 43.4 Å². The van der Waals surface area contributed by atoms with E-state index in [9.17, 15) is 9.59 Å². The first-order chi connectivity index (χ1) is 13.5. The first-order valence-corrected chi connectivity index (χ1v) is 10.1. The lowest BCUT2D eigenvalue weighted by Crippen LogP contribution is -2.55. The van der Waals surface area contributed by atoms with Crippen molar-refractivity contribution in [2.45, 2.75) is 19.5 Å². The molecule has 1 atom stereocenters. The molecule has 0 radical (unpaired) electrons. The van der Waals surface area contributed by atoms with E-state index in [0.717, 1.165) is 42.0 Å². The van der Waals surface area contributed by atoms with E-state index in [4.69, 9.17) is 0 Å². The lowest BCUT2D eigenvalue weighted by Gasteiger charge is -2.37. The van der Waals surface area contributed by atoms with Crippen molar-refractivity contribution in [1.29, 1.82) is 0 Å². The van der Waals surface area contributed by atoms with Crippen LogP contribution < -0.4 is 15.5 Å². The predicted octanol–water partition coefficient (Wildman–Crippen LogP) is 2.38. The van der Waals surface area contributed by atoms with E-state index in [1.54, 1.807) is 6.20 Å². The van der Waals surface area contributed by atoms with Gasteiger partial charge in [-0.05, 0) is 40.5 Å². The Labute approximate surface area is 173 Å². The van der Waals surface area contributed by atoms with Gasteiger partial charge >= 0.3 is 6.03 Å². The molecule has 8 heteroatoms. The number of carbonyl (C=O) groups is 2. The van der Waals surface area contributed by atoms with Crippen LogP contribution in [0.1, 0.15) is 12.5 Å². The molecule has 1 aromatic carbocycles. The van der Waals surface area contributed by atoms with E-state index in [1.807, 2.05) is 49.4 Å². The molecular weight excluding hydrogens is 422 g/mol. The number of hydrogen-bond donors (Lipinski definition) is 2. The van der Waals surface area contributed by atoms with Crippen LogP contribution in [0.4, 0.5) is 10.6 Å². The minimum absolute atomic E-state index is 0.291. The molecule has 28 heavy (non-hydrogen) atoms. The van der Waals surface area contributed by atoms with Crippen LogP contribution in [0.3, 0.4) is 0 Å². The number of carbonyl (C=O) groups excluding carboxylic acids is 2. The molecular formula is C20H24BrN5O2.